The molecule has 0 atom stereocenters. The molecule has 114 valence electrons. The Hall–Kier alpha value is -0.850. The number of nitrogens with one attached hydrogen (secondary N) is 1. The van der Waals surface area contributed by atoms with Gasteiger partial charge in [0.05, 0.1) is 27.2 Å². The number of halogens is 2. The minimum Gasteiger partial charge on any atom is -0.485 e. The van der Waals surface area contributed by atoms with Crippen LogP contribution in [-0.2, 0) is 13.2 Å². The van der Waals surface area contributed by atoms with Crippen LogP contribution in [-0.4, -0.2) is 16.6 Å². The summed E-state index contributed by atoms with van der Waals surface area (Å²) in [5.74, 6) is 0.811. The fourth-order valence-corrected chi connectivity index (χ4v) is 3.62. The van der Waals surface area contributed by atoms with Crippen molar-refractivity contribution in [3.63, 3.8) is 0 Å². The Balaban J connectivity index is 2.15. The van der Waals surface area contributed by atoms with Crippen molar-refractivity contribution in [1.29, 1.82) is 0 Å². The number of hydrogen-bond acceptors (Lipinski definition) is 3. The average molecular weight is 417 g/mol. The van der Waals surface area contributed by atoms with Gasteiger partial charge in [0.25, 0.3) is 0 Å². The van der Waals surface area contributed by atoms with Crippen molar-refractivity contribution in [2.24, 2.45) is 0 Å². The van der Waals surface area contributed by atoms with Gasteiger partial charge in [0.1, 0.15) is 12.4 Å². The second-order valence-corrected chi connectivity index (χ2v) is 6.80. The molecule has 2 rings (SSSR count). The van der Waals surface area contributed by atoms with Gasteiger partial charge in [-0.2, -0.15) is 0 Å². The SMILES string of the molecule is CNCc1cc(Br)c(OCc2cncn2C(C)C)c(Br)c1. The van der Waals surface area contributed by atoms with Gasteiger partial charge in [-0.1, -0.05) is 0 Å². The summed E-state index contributed by atoms with van der Waals surface area (Å²) < 4.78 is 9.95. The number of hydrogen-bond donors (Lipinski definition) is 1. The third-order valence-electron chi connectivity index (χ3n) is 3.11. The maximum Gasteiger partial charge on any atom is 0.148 e. The highest BCUT2D eigenvalue weighted by atomic mass is 79.9. The summed E-state index contributed by atoms with van der Waals surface area (Å²) in [7, 11) is 1.93. The lowest BCUT2D eigenvalue weighted by molar-refractivity contribution is 0.288. The zero-order chi connectivity index (χ0) is 15.4. The summed E-state index contributed by atoms with van der Waals surface area (Å²) in [6, 6.07) is 4.50. The molecule has 1 aromatic carbocycles. The van der Waals surface area contributed by atoms with E-state index in [-0.39, 0.29) is 0 Å². The standard InChI is InChI=1S/C15H19Br2N3O/c1-10(2)20-9-19-7-12(20)8-21-15-13(16)4-11(6-18-3)5-14(15)17/h4-5,7,9-10,18H,6,8H2,1-3H3. The second kappa shape index (κ2) is 7.42. The first-order valence-electron chi connectivity index (χ1n) is 6.79. The van der Waals surface area contributed by atoms with E-state index in [1.54, 1.807) is 0 Å². The molecule has 0 unspecified atom stereocenters. The van der Waals surface area contributed by atoms with Crippen molar-refractivity contribution < 1.29 is 4.74 Å². The number of aromatic nitrogens is 2. The quantitative estimate of drug-likeness (QED) is 0.763. The molecule has 1 aromatic heterocycles. The maximum absolute atomic E-state index is 5.96. The molecule has 0 fully saturated rings. The van der Waals surface area contributed by atoms with Crippen LogP contribution in [0.2, 0.25) is 0 Å². The minimum atomic E-state index is 0.371. The van der Waals surface area contributed by atoms with Crippen LogP contribution >= 0.6 is 31.9 Å². The van der Waals surface area contributed by atoms with Crippen molar-refractivity contribution >= 4 is 31.9 Å². The Bertz CT molecular complexity index is 588. The lowest BCUT2D eigenvalue weighted by Gasteiger charge is -2.15. The first-order valence-corrected chi connectivity index (χ1v) is 8.37. The molecular weight excluding hydrogens is 398 g/mol. The first-order chi connectivity index (χ1) is 10.0. The third kappa shape index (κ3) is 4.08. The average Bonchev–Trinajstić information content (AvgIpc) is 2.86. The lowest BCUT2D eigenvalue weighted by atomic mass is 10.2. The fraction of sp³-hybridized carbons (Fsp3) is 0.400. The Kier molecular flexibility index (Phi) is 5.84. The normalized spacial score (nSPS) is 11.1. The molecule has 4 nitrogen and oxygen atoms in total. The molecule has 0 bridgehead atoms. The fourth-order valence-electron chi connectivity index (χ4n) is 2.11. The second-order valence-electron chi connectivity index (χ2n) is 5.09. The smallest absolute Gasteiger partial charge is 0.148 e. The largest absolute Gasteiger partial charge is 0.485 e. The molecule has 6 heteroatoms. The van der Waals surface area contributed by atoms with Crippen LogP contribution in [0.4, 0.5) is 0 Å². The summed E-state index contributed by atoms with van der Waals surface area (Å²) in [6.07, 6.45) is 3.68. The number of benzene rings is 1. The maximum atomic E-state index is 5.96. The third-order valence-corrected chi connectivity index (χ3v) is 4.28. The van der Waals surface area contributed by atoms with Crippen molar-refractivity contribution in [2.75, 3.05) is 7.05 Å². The van der Waals surface area contributed by atoms with Crippen molar-refractivity contribution in [3.05, 3.63) is 44.9 Å². The summed E-state index contributed by atoms with van der Waals surface area (Å²) in [4.78, 5) is 4.19. The van der Waals surface area contributed by atoms with E-state index in [2.05, 4.69) is 72.7 Å². The Morgan fingerprint density at radius 1 is 1.29 bits per heavy atom. The predicted molar refractivity (Wildman–Crippen MR) is 91.5 cm³/mol. The molecular formula is C15H19Br2N3O. The molecule has 0 saturated heterocycles. The zero-order valence-electron chi connectivity index (χ0n) is 12.4. The molecule has 0 spiro atoms. The Morgan fingerprint density at radius 3 is 2.52 bits per heavy atom. The number of imidazole rings is 1. The van der Waals surface area contributed by atoms with Gasteiger partial charge >= 0.3 is 0 Å². The van der Waals surface area contributed by atoms with E-state index in [1.165, 1.54) is 5.56 Å². The monoisotopic (exact) mass is 415 g/mol. The summed E-state index contributed by atoms with van der Waals surface area (Å²) in [6.45, 7) is 5.56. The molecule has 0 saturated carbocycles. The molecule has 21 heavy (non-hydrogen) atoms. The highest BCUT2D eigenvalue weighted by molar-refractivity contribution is 9.11. The summed E-state index contributed by atoms with van der Waals surface area (Å²) in [5.41, 5.74) is 2.25. The first kappa shape index (κ1) is 16.5. The Labute approximate surface area is 142 Å². The number of ether oxygens (including phenoxy) is 1. The van der Waals surface area contributed by atoms with Crippen molar-refractivity contribution in [3.8, 4) is 5.75 Å². The van der Waals surface area contributed by atoms with Gasteiger partial charge < -0.3 is 14.6 Å². The minimum absolute atomic E-state index is 0.371. The van der Waals surface area contributed by atoms with E-state index in [1.807, 2.05) is 19.6 Å². The van der Waals surface area contributed by atoms with Gasteiger partial charge in [-0.15, -0.1) is 0 Å². The topological polar surface area (TPSA) is 39.1 Å². The van der Waals surface area contributed by atoms with E-state index in [4.69, 9.17) is 4.74 Å². The van der Waals surface area contributed by atoms with Gasteiger partial charge in [0, 0.05) is 12.6 Å². The zero-order valence-corrected chi connectivity index (χ0v) is 15.5. The van der Waals surface area contributed by atoms with E-state index >= 15 is 0 Å². The molecule has 0 aliphatic carbocycles. The van der Waals surface area contributed by atoms with Crippen molar-refractivity contribution in [1.82, 2.24) is 14.9 Å². The van der Waals surface area contributed by atoms with E-state index in [0.717, 1.165) is 26.9 Å². The van der Waals surface area contributed by atoms with Crippen LogP contribution in [0.5, 0.6) is 5.75 Å². The van der Waals surface area contributed by atoms with E-state index in [0.29, 0.717) is 12.6 Å². The molecule has 0 amide bonds. The Morgan fingerprint density at radius 2 is 1.95 bits per heavy atom. The lowest BCUT2D eigenvalue weighted by Crippen LogP contribution is -2.08. The van der Waals surface area contributed by atoms with Gasteiger partial charge in [-0.05, 0) is 70.5 Å². The highest BCUT2D eigenvalue weighted by Gasteiger charge is 2.11. The van der Waals surface area contributed by atoms with Crippen molar-refractivity contribution in [2.45, 2.75) is 33.0 Å². The summed E-state index contributed by atoms with van der Waals surface area (Å²) in [5, 5.41) is 3.14. The molecule has 0 radical (unpaired) electrons. The van der Waals surface area contributed by atoms with Crippen LogP contribution in [0.15, 0.2) is 33.6 Å². The molecule has 0 aliphatic heterocycles. The van der Waals surface area contributed by atoms with Crippen LogP contribution in [0.25, 0.3) is 0 Å². The van der Waals surface area contributed by atoms with E-state index < -0.39 is 0 Å². The summed E-state index contributed by atoms with van der Waals surface area (Å²) >= 11 is 7.15. The van der Waals surface area contributed by atoms with Crippen LogP contribution in [0, 0.1) is 0 Å². The number of nitrogens with zero attached hydrogens (tertiary/aromatic N) is 2. The molecule has 0 aliphatic rings. The van der Waals surface area contributed by atoms with Crippen LogP contribution < -0.4 is 10.1 Å². The van der Waals surface area contributed by atoms with Gasteiger partial charge in [-0.25, -0.2) is 4.98 Å². The van der Waals surface area contributed by atoms with Gasteiger partial charge in [-0.3, -0.25) is 0 Å². The highest BCUT2D eigenvalue weighted by Crippen LogP contribution is 2.35. The molecule has 1 N–H and O–H groups in total. The van der Waals surface area contributed by atoms with Crippen LogP contribution in [0.1, 0.15) is 31.1 Å². The van der Waals surface area contributed by atoms with Crippen LogP contribution in [0.3, 0.4) is 0 Å². The van der Waals surface area contributed by atoms with Gasteiger partial charge in [0.15, 0.2) is 0 Å². The molecule has 2 aromatic rings. The van der Waals surface area contributed by atoms with E-state index in [9.17, 15) is 0 Å². The predicted octanol–water partition coefficient (Wildman–Crippen LogP) is 4.29. The number of rotatable bonds is 6. The molecule has 1 heterocycles. The van der Waals surface area contributed by atoms with Gasteiger partial charge in [0.2, 0.25) is 0 Å².